The van der Waals surface area contributed by atoms with E-state index in [1.165, 1.54) is 0 Å². The first kappa shape index (κ1) is 14.8. The van der Waals surface area contributed by atoms with Crippen molar-refractivity contribution in [3.8, 4) is 11.8 Å². The smallest absolute Gasteiger partial charge is 0.137 e. The van der Waals surface area contributed by atoms with Gasteiger partial charge in [-0.1, -0.05) is 12.1 Å². The number of nitrogens with one attached hydrogen (secondary N) is 1. The summed E-state index contributed by atoms with van der Waals surface area (Å²) in [5.74, 6) is 0.514. The van der Waals surface area contributed by atoms with Crippen LogP contribution in [0.15, 0.2) is 24.3 Å². The van der Waals surface area contributed by atoms with Gasteiger partial charge in [0.25, 0.3) is 0 Å². The van der Waals surface area contributed by atoms with Crippen molar-refractivity contribution in [2.75, 3.05) is 26.4 Å². The van der Waals surface area contributed by atoms with E-state index in [0.29, 0.717) is 23.9 Å². The summed E-state index contributed by atoms with van der Waals surface area (Å²) in [5.41, 5.74) is 0.483. The second kappa shape index (κ2) is 7.85. The number of aliphatic hydroxyl groups excluding tert-OH is 1. The molecule has 20 heavy (non-hydrogen) atoms. The molecule has 1 aromatic rings. The molecule has 5 nitrogen and oxygen atoms in total. The van der Waals surface area contributed by atoms with Crippen molar-refractivity contribution in [2.24, 2.45) is 0 Å². The van der Waals surface area contributed by atoms with E-state index in [4.69, 9.17) is 14.7 Å². The highest BCUT2D eigenvalue weighted by Gasteiger charge is 2.15. The van der Waals surface area contributed by atoms with E-state index >= 15 is 0 Å². The van der Waals surface area contributed by atoms with Gasteiger partial charge in [-0.25, -0.2) is 0 Å². The van der Waals surface area contributed by atoms with Crippen LogP contribution in [-0.4, -0.2) is 43.6 Å². The third-order valence-electron chi connectivity index (χ3n) is 3.30. The number of para-hydroxylation sites is 1. The maximum Gasteiger partial charge on any atom is 0.137 e. The summed E-state index contributed by atoms with van der Waals surface area (Å²) in [7, 11) is 0. The average molecular weight is 276 g/mol. The van der Waals surface area contributed by atoms with Crippen LogP contribution in [0.2, 0.25) is 0 Å². The quantitative estimate of drug-likeness (QED) is 0.813. The number of rotatable bonds is 6. The fraction of sp³-hybridized carbons (Fsp3) is 0.533. The van der Waals surface area contributed by atoms with Gasteiger partial charge < -0.3 is 19.9 Å². The van der Waals surface area contributed by atoms with E-state index < -0.39 is 6.10 Å². The Hall–Kier alpha value is -1.61. The zero-order valence-electron chi connectivity index (χ0n) is 11.4. The molecule has 0 spiro atoms. The number of nitrogens with zero attached hydrogens (tertiary/aromatic N) is 1. The van der Waals surface area contributed by atoms with Crippen LogP contribution < -0.4 is 10.1 Å². The van der Waals surface area contributed by atoms with Crippen LogP contribution in [0.25, 0.3) is 0 Å². The second-order valence-corrected chi connectivity index (χ2v) is 4.87. The highest BCUT2D eigenvalue weighted by Crippen LogP contribution is 2.16. The molecule has 108 valence electrons. The topological polar surface area (TPSA) is 74.5 Å². The lowest BCUT2D eigenvalue weighted by molar-refractivity contribution is 0.0654. The zero-order chi connectivity index (χ0) is 14.2. The maximum atomic E-state index is 9.90. The lowest BCUT2D eigenvalue weighted by Gasteiger charge is -2.24. The van der Waals surface area contributed by atoms with Gasteiger partial charge in [0.1, 0.15) is 24.5 Å². The van der Waals surface area contributed by atoms with Crippen molar-refractivity contribution in [3.05, 3.63) is 29.8 Å². The molecule has 0 aliphatic carbocycles. The fourth-order valence-corrected chi connectivity index (χ4v) is 2.13. The summed E-state index contributed by atoms with van der Waals surface area (Å²) in [6.45, 7) is 2.22. The minimum Gasteiger partial charge on any atom is -0.489 e. The lowest BCUT2D eigenvalue weighted by Crippen LogP contribution is -2.40. The summed E-state index contributed by atoms with van der Waals surface area (Å²) in [6.07, 6.45) is 1.36. The summed E-state index contributed by atoms with van der Waals surface area (Å²) in [6, 6.07) is 9.50. The number of nitriles is 1. The van der Waals surface area contributed by atoms with Crippen molar-refractivity contribution < 1.29 is 14.6 Å². The van der Waals surface area contributed by atoms with Gasteiger partial charge in [0, 0.05) is 25.8 Å². The normalized spacial score (nSPS) is 17.4. The molecule has 1 unspecified atom stereocenters. The van der Waals surface area contributed by atoms with Crippen molar-refractivity contribution in [2.45, 2.75) is 25.0 Å². The van der Waals surface area contributed by atoms with E-state index in [1.54, 1.807) is 18.2 Å². The van der Waals surface area contributed by atoms with Gasteiger partial charge in [-0.05, 0) is 25.0 Å². The van der Waals surface area contributed by atoms with Crippen LogP contribution in [0.3, 0.4) is 0 Å². The molecule has 0 aromatic heterocycles. The molecule has 1 aliphatic rings. The average Bonchev–Trinajstić information content (AvgIpc) is 2.52. The predicted molar refractivity (Wildman–Crippen MR) is 74.5 cm³/mol. The number of hydrogen-bond donors (Lipinski definition) is 2. The van der Waals surface area contributed by atoms with E-state index in [1.807, 2.05) is 6.07 Å². The Morgan fingerprint density at radius 1 is 1.40 bits per heavy atom. The molecule has 1 atom stereocenters. The zero-order valence-corrected chi connectivity index (χ0v) is 11.4. The molecule has 1 fully saturated rings. The largest absolute Gasteiger partial charge is 0.489 e. The summed E-state index contributed by atoms with van der Waals surface area (Å²) in [5, 5.41) is 22.2. The first-order chi connectivity index (χ1) is 9.79. The Labute approximate surface area is 119 Å². The third kappa shape index (κ3) is 4.49. The van der Waals surface area contributed by atoms with Gasteiger partial charge in [0.15, 0.2) is 0 Å². The van der Waals surface area contributed by atoms with Gasteiger partial charge in [-0.2, -0.15) is 5.26 Å². The maximum absolute atomic E-state index is 9.90. The molecule has 0 radical (unpaired) electrons. The third-order valence-corrected chi connectivity index (χ3v) is 3.30. The predicted octanol–water partition coefficient (Wildman–Crippen LogP) is 1.07. The van der Waals surface area contributed by atoms with E-state index in [0.717, 1.165) is 26.1 Å². The molecule has 1 aliphatic heterocycles. The Bertz CT molecular complexity index is 453. The summed E-state index contributed by atoms with van der Waals surface area (Å²) >= 11 is 0. The minimum atomic E-state index is -0.593. The van der Waals surface area contributed by atoms with Gasteiger partial charge in [-0.3, -0.25) is 0 Å². The van der Waals surface area contributed by atoms with Gasteiger partial charge in [0.2, 0.25) is 0 Å². The van der Waals surface area contributed by atoms with Gasteiger partial charge in [-0.15, -0.1) is 0 Å². The summed E-state index contributed by atoms with van der Waals surface area (Å²) in [4.78, 5) is 0. The SMILES string of the molecule is N#Cc1ccccc1OCC(O)CNC1CCOCC1. The molecule has 1 heterocycles. The number of benzene rings is 1. The van der Waals surface area contributed by atoms with Crippen molar-refractivity contribution in [3.63, 3.8) is 0 Å². The van der Waals surface area contributed by atoms with E-state index in [2.05, 4.69) is 11.4 Å². The first-order valence-corrected chi connectivity index (χ1v) is 6.90. The number of ether oxygens (including phenoxy) is 2. The Morgan fingerprint density at radius 3 is 2.90 bits per heavy atom. The molecule has 1 aromatic carbocycles. The highest BCUT2D eigenvalue weighted by molar-refractivity contribution is 5.42. The molecule has 0 bridgehead atoms. The highest BCUT2D eigenvalue weighted by atomic mass is 16.5. The Morgan fingerprint density at radius 2 is 2.15 bits per heavy atom. The molecular weight excluding hydrogens is 256 g/mol. The Kier molecular flexibility index (Phi) is 5.81. The first-order valence-electron chi connectivity index (χ1n) is 6.90. The standard InChI is InChI=1S/C15H20N2O3/c16-9-12-3-1-2-4-15(12)20-11-14(18)10-17-13-5-7-19-8-6-13/h1-4,13-14,17-18H,5-8,10-11H2. The van der Waals surface area contributed by atoms with Crippen molar-refractivity contribution >= 4 is 0 Å². The minimum absolute atomic E-state index is 0.176. The van der Waals surface area contributed by atoms with Crippen molar-refractivity contribution in [1.29, 1.82) is 5.26 Å². The molecule has 0 amide bonds. The second-order valence-electron chi connectivity index (χ2n) is 4.87. The van der Waals surface area contributed by atoms with Crippen LogP contribution >= 0.6 is 0 Å². The van der Waals surface area contributed by atoms with Crippen LogP contribution in [0, 0.1) is 11.3 Å². The molecule has 2 rings (SSSR count). The number of aliphatic hydroxyl groups is 1. The molecular formula is C15H20N2O3. The molecule has 0 saturated carbocycles. The lowest BCUT2D eigenvalue weighted by atomic mass is 10.1. The molecule has 2 N–H and O–H groups in total. The van der Waals surface area contributed by atoms with Crippen LogP contribution in [0.4, 0.5) is 0 Å². The van der Waals surface area contributed by atoms with Crippen LogP contribution in [0.1, 0.15) is 18.4 Å². The van der Waals surface area contributed by atoms with E-state index in [9.17, 15) is 5.11 Å². The van der Waals surface area contributed by atoms with Gasteiger partial charge in [0.05, 0.1) is 5.56 Å². The number of hydrogen-bond acceptors (Lipinski definition) is 5. The fourth-order valence-electron chi connectivity index (χ4n) is 2.13. The van der Waals surface area contributed by atoms with Crippen molar-refractivity contribution in [1.82, 2.24) is 5.32 Å². The monoisotopic (exact) mass is 276 g/mol. The van der Waals surface area contributed by atoms with Gasteiger partial charge >= 0.3 is 0 Å². The Balaban J connectivity index is 1.72. The van der Waals surface area contributed by atoms with Crippen LogP contribution in [-0.2, 0) is 4.74 Å². The van der Waals surface area contributed by atoms with E-state index in [-0.39, 0.29) is 6.61 Å². The molecule has 5 heteroatoms. The van der Waals surface area contributed by atoms with Crippen LogP contribution in [0.5, 0.6) is 5.75 Å². The summed E-state index contributed by atoms with van der Waals surface area (Å²) < 4.78 is 10.8. The molecule has 1 saturated heterocycles.